The lowest BCUT2D eigenvalue weighted by molar-refractivity contribution is -0.169. The second-order valence-electron chi connectivity index (χ2n) is 6.51. The summed E-state index contributed by atoms with van der Waals surface area (Å²) in [4.78, 5) is 11.3. The Balaban J connectivity index is 1.53. The van der Waals surface area contributed by atoms with Crippen LogP contribution < -0.4 is 10.2 Å². The molecule has 1 N–H and O–H groups in total. The molecule has 2 fully saturated rings. The molecule has 0 aliphatic carbocycles. The first-order valence-corrected chi connectivity index (χ1v) is 9.40. The van der Waals surface area contributed by atoms with E-state index in [1.54, 1.807) is 18.2 Å². The molecule has 2 aliphatic rings. The Hall–Kier alpha value is -1.60. The van der Waals surface area contributed by atoms with Crippen molar-refractivity contribution >= 4 is 40.7 Å². The zero-order chi connectivity index (χ0) is 18.1. The van der Waals surface area contributed by atoms with Gasteiger partial charge in [0.25, 0.3) is 0 Å². The van der Waals surface area contributed by atoms with Gasteiger partial charge in [0.15, 0.2) is 5.79 Å². The van der Waals surface area contributed by atoms with E-state index in [4.69, 9.17) is 32.7 Å². The Kier molecular flexibility index (Phi) is 4.92. The molecule has 1 aromatic carbocycles. The lowest BCUT2D eigenvalue weighted by Crippen LogP contribution is -2.45. The Bertz CT molecular complexity index is 782. The number of para-hydroxylation sites is 1. The van der Waals surface area contributed by atoms with Gasteiger partial charge in [-0.3, -0.25) is 0 Å². The molecule has 3 heterocycles. The molecule has 1 aromatic heterocycles. The fourth-order valence-corrected chi connectivity index (χ4v) is 3.85. The minimum absolute atomic E-state index is 0.398. The normalized spacial score (nSPS) is 19.1. The van der Waals surface area contributed by atoms with E-state index in [1.165, 1.54) is 0 Å². The summed E-state index contributed by atoms with van der Waals surface area (Å²) < 4.78 is 11.6. The number of benzene rings is 1. The summed E-state index contributed by atoms with van der Waals surface area (Å²) >= 11 is 12.5. The highest BCUT2D eigenvalue weighted by atomic mass is 35.5. The first-order chi connectivity index (χ1) is 12.5. The quantitative estimate of drug-likeness (QED) is 0.842. The van der Waals surface area contributed by atoms with Gasteiger partial charge in [0.05, 0.1) is 28.9 Å². The molecule has 0 atom stereocenters. The van der Waals surface area contributed by atoms with Gasteiger partial charge in [-0.25, -0.2) is 4.98 Å². The number of aromatic nitrogens is 2. The van der Waals surface area contributed by atoms with Crippen LogP contribution in [0.3, 0.4) is 0 Å². The molecule has 8 heteroatoms. The number of rotatable bonds is 3. The number of halogens is 2. The molecule has 0 amide bonds. The number of aryl methyl sites for hydroxylation is 1. The SMILES string of the molecule is Cc1cc(N2CCC3(CC2)OCCO3)nc(Nc2c(Cl)cccc2Cl)n1. The van der Waals surface area contributed by atoms with Gasteiger partial charge < -0.3 is 19.7 Å². The molecule has 2 aliphatic heterocycles. The van der Waals surface area contributed by atoms with E-state index in [2.05, 4.69) is 20.2 Å². The smallest absolute Gasteiger partial charge is 0.229 e. The van der Waals surface area contributed by atoms with Crippen LogP contribution in [0.2, 0.25) is 10.0 Å². The molecule has 2 saturated heterocycles. The molecule has 138 valence electrons. The molecule has 0 radical (unpaired) electrons. The molecule has 0 bridgehead atoms. The molecule has 6 nitrogen and oxygen atoms in total. The number of ether oxygens (including phenoxy) is 2. The van der Waals surface area contributed by atoms with Gasteiger partial charge in [-0.2, -0.15) is 4.98 Å². The molecule has 1 spiro atoms. The zero-order valence-corrected chi connectivity index (χ0v) is 16.0. The number of piperidine rings is 1. The summed E-state index contributed by atoms with van der Waals surface area (Å²) in [6.07, 6.45) is 1.66. The standard InChI is InChI=1S/C18H20Cl2N4O2/c1-12-11-15(24-7-5-18(6-8-24)25-9-10-26-18)22-17(21-12)23-16-13(19)3-2-4-14(16)20/h2-4,11H,5-10H2,1H3,(H,21,22,23). The number of hydrogen-bond donors (Lipinski definition) is 1. The summed E-state index contributed by atoms with van der Waals surface area (Å²) in [6, 6.07) is 7.33. The van der Waals surface area contributed by atoms with Crippen LogP contribution in [-0.4, -0.2) is 42.1 Å². The van der Waals surface area contributed by atoms with Crippen LogP contribution in [-0.2, 0) is 9.47 Å². The summed E-state index contributed by atoms with van der Waals surface area (Å²) in [5.41, 5.74) is 1.48. The lowest BCUT2D eigenvalue weighted by atomic mass is 10.0. The average Bonchev–Trinajstić information content (AvgIpc) is 3.06. The van der Waals surface area contributed by atoms with Crippen molar-refractivity contribution in [2.45, 2.75) is 25.6 Å². The minimum Gasteiger partial charge on any atom is -0.356 e. The lowest BCUT2D eigenvalue weighted by Gasteiger charge is -2.38. The first-order valence-electron chi connectivity index (χ1n) is 8.64. The molecule has 0 saturated carbocycles. The van der Waals surface area contributed by atoms with Crippen molar-refractivity contribution in [1.29, 1.82) is 0 Å². The molecule has 26 heavy (non-hydrogen) atoms. The molecule has 4 rings (SSSR count). The summed E-state index contributed by atoms with van der Waals surface area (Å²) in [5, 5.41) is 4.20. The van der Waals surface area contributed by atoms with E-state index in [-0.39, 0.29) is 0 Å². The van der Waals surface area contributed by atoms with Crippen LogP contribution >= 0.6 is 23.2 Å². The predicted octanol–water partition coefficient (Wildman–Crippen LogP) is 4.18. The van der Waals surface area contributed by atoms with Gasteiger partial charge >= 0.3 is 0 Å². The Morgan fingerprint density at radius 1 is 1.08 bits per heavy atom. The molecular formula is C18H20Cl2N4O2. The van der Waals surface area contributed by atoms with E-state index in [1.807, 2.05) is 13.0 Å². The summed E-state index contributed by atoms with van der Waals surface area (Å²) in [7, 11) is 0. The highest BCUT2D eigenvalue weighted by Gasteiger charge is 2.40. The minimum atomic E-state index is -0.398. The van der Waals surface area contributed by atoms with Gasteiger partial charge in [-0.1, -0.05) is 29.3 Å². The summed E-state index contributed by atoms with van der Waals surface area (Å²) in [5.74, 6) is 0.949. The van der Waals surface area contributed by atoms with Gasteiger partial charge in [0.1, 0.15) is 5.82 Å². The highest BCUT2D eigenvalue weighted by molar-refractivity contribution is 6.39. The van der Waals surface area contributed by atoms with Crippen LogP contribution in [0.15, 0.2) is 24.3 Å². The van der Waals surface area contributed by atoms with Crippen LogP contribution in [0.1, 0.15) is 18.5 Å². The molecule has 0 unspecified atom stereocenters. The maximum Gasteiger partial charge on any atom is 0.229 e. The van der Waals surface area contributed by atoms with Crippen LogP contribution in [0, 0.1) is 6.92 Å². The second-order valence-corrected chi connectivity index (χ2v) is 7.32. The largest absolute Gasteiger partial charge is 0.356 e. The van der Waals surface area contributed by atoms with Gasteiger partial charge in [0, 0.05) is 37.7 Å². The molecular weight excluding hydrogens is 375 g/mol. The maximum atomic E-state index is 6.24. The number of hydrogen-bond acceptors (Lipinski definition) is 6. The third-order valence-electron chi connectivity index (χ3n) is 4.70. The monoisotopic (exact) mass is 394 g/mol. The average molecular weight is 395 g/mol. The third kappa shape index (κ3) is 3.60. The zero-order valence-electron chi connectivity index (χ0n) is 14.5. The Morgan fingerprint density at radius 2 is 1.73 bits per heavy atom. The van der Waals surface area contributed by atoms with Crippen molar-refractivity contribution in [3.8, 4) is 0 Å². The van der Waals surface area contributed by atoms with E-state index >= 15 is 0 Å². The van der Waals surface area contributed by atoms with Crippen molar-refractivity contribution in [2.75, 3.05) is 36.5 Å². The summed E-state index contributed by atoms with van der Waals surface area (Å²) in [6.45, 7) is 4.95. The van der Waals surface area contributed by atoms with Crippen molar-refractivity contribution < 1.29 is 9.47 Å². The van der Waals surface area contributed by atoms with Gasteiger partial charge in [-0.05, 0) is 19.1 Å². The van der Waals surface area contributed by atoms with Crippen LogP contribution in [0.25, 0.3) is 0 Å². The first kappa shape index (κ1) is 17.8. The van der Waals surface area contributed by atoms with Crippen LogP contribution in [0.4, 0.5) is 17.5 Å². The topological polar surface area (TPSA) is 59.5 Å². The van der Waals surface area contributed by atoms with Crippen molar-refractivity contribution in [1.82, 2.24) is 9.97 Å². The Labute approximate surface area is 162 Å². The maximum absolute atomic E-state index is 6.24. The van der Waals surface area contributed by atoms with Gasteiger partial charge in [0.2, 0.25) is 5.95 Å². The number of anilines is 3. The molecule has 2 aromatic rings. The van der Waals surface area contributed by atoms with E-state index < -0.39 is 5.79 Å². The highest BCUT2D eigenvalue weighted by Crippen LogP contribution is 2.34. The van der Waals surface area contributed by atoms with Gasteiger partial charge in [-0.15, -0.1) is 0 Å². The predicted molar refractivity (Wildman–Crippen MR) is 103 cm³/mol. The fourth-order valence-electron chi connectivity index (χ4n) is 3.36. The van der Waals surface area contributed by atoms with E-state index in [9.17, 15) is 0 Å². The van der Waals surface area contributed by atoms with Crippen molar-refractivity contribution in [3.05, 3.63) is 40.0 Å². The van der Waals surface area contributed by atoms with E-state index in [0.717, 1.165) is 37.4 Å². The van der Waals surface area contributed by atoms with E-state index in [0.29, 0.717) is 34.9 Å². The number of nitrogens with zero attached hydrogens (tertiary/aromatic N) is 3. The van der Waals surface area contributed by atoms with Crippen molar-refractivity contribution in [2.24, 2.45) is 0 Å². The second kappa shape index (κ2) is 7.19. The number of nitrogens with one attached hydrogen (secondary N) is 1. The third-order valence-corrected chi connectivity index (χ3v) is 5.33. The Morgan fingerprint density at radius 3 is 2.38 bits per heavy atom. The van der Waals surface area contributed by atoms with Crippen LogP contribution in [0.5, 0.6) is 0 Å². The van der Waals surface area contributed by atoms with Crippen molar-refractivity contribution in [3.63, 3.8) is 0 Å². The fraction of sp³-hybridized carbons (Fsp3) is 0.444.